The van der Waals surface area contributed by atoms with Gasteiger partial charge in [0, 0.05) is 23.0 Å². The van der Waals surface area contributed by atoms with Gasteiger partial charge in [-0.05, 0) is 19.1 Å². The van der Waals surface area contributed by atoms with Crippen molar-refractivity contribution in [1.82, 2.24) is 9.55 Å². The molecule has 25 heavy (non-hydrogen) atoms. The number of carbonyl (C=O) groups is 1. The average Bonchev–Trinajstić information content (AvgIpc) is 3.14. The van der Waals surface area contributed by atoms with E-state index in [1.165, 1.54) is 11.3 Å². The number of carbonyl (C=O) groups excluding carboxylic acids is 1. The number of esters is 1. The molecular weight excluding hydrogens is 342 g/mol. The summed E-state index contributed by atoms with van der Waals surface area (Å²) in [7, 11) is 0. The minimum absolute atomic E-state index is 0.121. The molecule has 0 aliphatic carbocycles. The van der Waals surface area contributed by atoms with Gasteiger partial charge in [0.1, 0.15) is 5.75 Å². The molecule has 2 aromatic heterocycles. The van der Waals surface area contributed by atoms with E-state index in [9.17, 15) is 14.7 Å². The summed E-state index contributed by atoms with van der Waals surface area (Å²) in [5, 5.41) is 14.3. The quantitative estimate of drug-likeness (QED) is 0.699. The second-order valence-electron chi connectivity index (χ2n) is 5.62. The van der Waals surface area contributed by atoms with Crippen LogP contribution in [0.25, 0.3) is 10.9 Å². The Balaban J connectivity index is 2.09. The van der Waals surface area contributed by atoms with Crippen molar-refractivity contribution in [3.05, 3.63) is 50.7 Å². The normalized spacial score (nSPS) is 15.8. The summed E-state index contributed by atoms with van der Waals surface area (Å²) in [4.78, 5) is 30.4. The minimum atomic E-state index is -0.817. The number of aromatic nitrogens is 2. The van der Waals surface area contributed by atoms with E-state index < -0.39 is 11.5 Å². The van der Waals surface area contributed by atoms with Gasteiger partial charge in [-0.25, -0.2) is 4.79 Å². The van der Waals surface area contributed by atoms with Crippen LogP contribution in [0.4, 0.5) is 5.69 Å². The topological polar surface area (TPSA) is 93.5 Å². The van der Waals surface area contributed by atoms with E-state index in [0.717, 1.165) is 10.6 Å². The van der Waals surface area contributed by atoms with Crippen LogP contribution in [0.15, 0.2) is 34.7 Å². The third-order valence-electron chi connectivity index (χ3n) is 4.26. The fourth-order valence-corrected chi connectivity index (χ4v) is 3.91. The van der Waals surface area contributed by atoms with Crippen LogP contribution < -0.4 is 10.9 Å². The molecule has 0 spiro atoms. The molecular formula is C17H15N3O4S. The summed E-state index contributed by atoms with van der Waals surface area (Å²) in [6.07, 6.45) is 1.71. The van der Waals surface area contributed by atoms with Gasteiger partial charge in [-0.1, -0.05) is 6.07 Å². The lowest BCUT2D eigenvalue weighted by molar-refractivity contribution is 0.0520. The van der Waals surface area contributed by atoms with Crippen LogP contribution in [0.1, 0.15) is 28.2 Å². The molecule has 0 saturated heterocycles. The number of nitrogens with one attached hydrogen (secondary N) is 1. The SMILES string of the molecule is CCOC(=O)c1c(O)c2cccc3c2n(c1=O)C(c1cncs1)CN3. The van der Waals surface area contributed by atoms with Crippen molar-refractivity contribution in [2.75, 3.05) is 18.5 Å². The standard InChI is InChI=1S/C17H15N3O4S/c1-2-24-17(23)13-15(21)9-4-3-5-10-14(9)20(16(13)22)11(6-19-10)12-7-18-8-25-12/h3-5,7-8,11,19,21H,2,6H2,1H3. The Bertz CT molecular complexity index is 1030. The first-order valence-electron chi connectivity index (χ1n) is 7.83. The molecule has 7 nitrogen and oxygen atoms in total. The van der Waals surface area contributed by atoms with Gasteiger partial charge in [-0.2, -0.15) is 0 Å². The van der Waals surface area contributed by atoms with E-state index in [2.05, 4.69) is 10.3 Å². The van der Waals surface area contributed by atoms with Gasteiger partial charge in [-0.15, -0.1) is 11.3 Å². The predicted molar refractivity (Wildman–Crippen MR) is 94.6 cm³/mol. The van der Waals surface area contributed by atoms with E-state index in [4.69, 9.17) is 4.74 Å². The fourth-order valence-electron chi connectivity index (χ4n) is 3.20. The van der Waals surface area contributed by atoms with Crippen LogP contribution >= 0.6 is 11.3 Å². The molecule has 1 aromatic carbocycles. The lowest BCUT2D eigenvalue weighted by atomic mass is 10.0. The number of thiazole rings is 1. The zero-order valence-corrected chi connectivity index (χ0v) is 14.2. The molecule has 1 aliphatic heterocycles. The van der Waals surface area contributed by atoms with E-state index in [1.54, 1.807) is 35.3 Å². The summed E-state index contributed by atoms with van der Waals surface area (Å²) in [5.74, 6) is -1.16. The summed E-state index contributed by atoms with van der Waals surface area (Å²) >= 11 is 1.44. The highest BCUT2D eigenvalue weighted by Crippen LogP contribution is 2.37. The van der Waals surface area contributed by atoms with Crippen molar-refractivity contribution in [2.24, 2.45) is 0 Å². The van der Waals surface area contributed by atoms with Crippen molar-refractivity contribution in [3.63, 3.8) is 0 Å². The molecule has 4 rings (SSSR count). The number of ether oxygens (including phenoxy) is 1. The van der Waals surface area contributed by atoms with Crippen molar-refractivity contribution >= 4 is 33.9 Å². The average molecular weight is 357 g/mol. The van der Waals surface area contributed by atoms with Crippen LogP contribution in [-0.4, -0.2) is 33.8 Å². The lowest BCUT2D eigenvalue weighted by Gasteiger charge is -2.29. The smallest absolute Gasteiger partial charge is 0.347 e. The Morgan fingerprint density at radius 1 is 1.52 bits per heavy atom. The number of hydrogen-bond acceptors (Lipinski definition) is 7. The highest BCUT2D eigenvalue weighted by atomic mass is 32.1. The number of nitrogens with zero attached hydrogens (tertiary/aromatic N) is 2. The van der Waals surface area contributed by atoms with Crippen LogP contribution in [0.2, 0.25) is 0 Å². The van der Waals surface area contributed by atoms with Gasteiger partial charge in [0.05, 0.1) is 29.4 Å². The Morgan fingerprint density at radius 3 is 3.08 bits per heavy atom. The number of para-hydroxylation sites is 1. The molecule has 0 radical (unpaired) electrons. The Hall–Kier alpha value is -2.87. The molecule has 8 heteroatoms. The number of rotatable bonds is 3. The first kappa shape index (κ1) is 15.6. The predicted octanol–water partition coefficient (Wildman–Crippen LogP) is 2.36. The number of pyridine rings is 1. The summed E-state index contributed by atoms with van der Waals surface area (Å²) in [6.45, 7) is 2.26. The van der Waals surface area contributed by atoms with Crippen molar-refractivity contribution < 1.29 is 14.6 Å². The molecule has 0 amide bonds. The summed E-state index contributed by atoms with van der Waals surface area (Å²) in [6, 6.07) is 4.97. The molecule has 2 N–H and O–H groups in total. The first-order valence-corrected chi connectivity index (χ1v) is 8.71. The molecule has 3 heterocycles. The summed E-state index contributed by atoms with van der Waals surface area (Å²) in [5.41, 5.74) is 2.12. The number of anilines is 1. The molecule has 128 valence electrons. The third kappa shape index (κ3) is 2.29. The zero-order chi connectivity index (χ0) is 17.6. The second kappa shape index (κ2) is 5.89. The van der Waals surface area contributed by atoms with Gasteiger partial charge in [0.15, 0.2) is 5.56 Å². The maximum Gasteiger partial charge on any atom is 0.347 e. The highest BCUT2D eigenvalue weighted by molar-refractivity contribution is 7.09. The molecule has 1 aliphatic rings. The molecule has 3 aromatic rings. The number of aromatic hydroxyl groups is 1. The maximum atomic E-state index is 13.1. The number of benzene rings is 1. The largest absolute Gasteiger partial charge is 0.506 e. The van der Waals surface area contributed by atoms with E-state index in [1.807, 2.05) is 6.07 Å². The van der Waals surface area contributed by atoms with E-state index >= 15 is 0 Å². The fraction of sp³-hybridized carbons (Fsp3) is 0.235. The Morgan fingerprint density at radius 2 is 2.36 bits per heavy atom. The maximum absolute atomic E-state index is 13.1. The van der Waals surface area contributed by atoms with Gasteiger partial charge < -0.3 is 15.2 Å². The van der Waals surface area contributed by atoms with Gasteiger partial charge in [0.25, 0.3) is 5.56 Å². The van der Waals surface area contributed by atoms with Crippen LogP contribution in [-0.2, 0) is 4.74 Å². The first-order chi connectivity index (χ1) is 12.1. The molecule has 0 fully saturated rings. The minimum Gasteiger partial charge on any atom is -0.506 e. The van der Waals surface area contributed by atoms with E-state index in [-0.39, 0.29) is 24.0 Å². The van der Waals surface area contributed by atoms with Crippen LogP contribution in [0, 0.1) is 0 Å². The third-order valence-corrected chi connectivity index (χ3v) is 5.14. The molecule has 0 bridgehead atoms. The molecule has 1 atom stereocenters. The second-order valence-corrected chi connectivity index (χ2v) is 6.54. The number of hydrogen-bond donors (Lipinski definition) is 2. The zero-order valence-electron chi connectivity index (χ0n) is 13.4. The van der Waals surface area contributed by atoms with Gasteiger partial charge in [0.2, 0.25) is 0 Å². The van der Waals surface area contributed by atoms with E-state index in [0.29, 0.717) is 17.4 Å². The monoisotopic (exact) mass is 357 g/mol. The molecule has 1 unspecified atom stereocenters. The Labute approximate surface area is 146 Å². The summed E-state index contributed by atoms with van der Waals surface area (Å²) < 4.78 is 6.53. The lowest BCUT2D eigenvalue weighted by Crippen LogP contribution is -2.36. The van der Waals surface area contributed by atoms with Crippen LogP contribution in [0.3, 0.4) is 0 Å². The van der Waals surface area contributed by atoms with Crippen molar-refractivity contribution in [1.29, 1.82) is 0 Å². The van der Waals surface area contributed by atoms with Crippen LogP contribution in [0.5, 0.6) is 5.75 Å². The van der Waals surface area contributed by atoms with Crippen molar-refractivity contribution in [3.8, 4) is 5.75 Å². The van der Waals surface area contributed by atoms with Gasteiger partial charge in [-0.3, -0.25) is 14.3 Å². The Kier molecular flexibility index (Phi) is 3.69. The highest BCUT2D eigenvalue weighted by Gasteiger charge is 2.31. The molecule has 0 saturated carbocycles. The van der Waals surface area contributed by atoms with Crippen molar-refractivity contribution in [2.45, 2.75) is 13.0 Å². The van der Waals surface area contributed by atoms with Gasteiger partial charge >= 0.3 is 5.97 Å².